The molecule has 196 valence electrons. The summed E-state index contributed by atoms with van der Waals surface area (Å²) in [6.45, 7) is 11.5. The fourth-order valence-corrected chi connectivity index (χ4v) is 7.49. The van der Waals surface area contributed by atoms with E-state index in [2.05, 4.69) is 143 Å². The number of fused-ring (bicyclic) bond motifs is 5. The Hall–Kier alpha value is -3.88. The second-order valence-corrected chi connectivity index (χ2v) is 13.6. The second-order valence-electron chi connectivity index (χ2n) is 12.5. The van der Waals surface area contributed by atoms with E-state index in [9.17, 15) is 0 Å². The number of aromatic nitrogens is 1. The van der Waals surface area contributed by atoms with Crippen LogP contribution in [0, 0.1) is 0 Å². The number of benzene rings is 5. The third-order valence-electron chi connectivity index (χ3n) is 8.59. The third kappa shape index (κ3) is 3.89. The molecule has 2 heteroatoms. The summed E-state index contributed by atoms with van der Waals surface area (Å²) < 4.78 is 0. The van der Waals surface area contributed by atoms with Crippen LogP contribution < -0.4 is 0 Å². The summed E-state index contributed by atoms with van der Waals surface area (Å²) in [4.78, 5) is 7.15. The highest BCUT2D eigenvalue weighted by atomic mass is 32.2. The largest absolute Gasteiger partial charge is 0.264 e. The summed E-state index contributed by atoms with van der Waals surface area (Å²) in [6, 6.07) is 36.1. The van der Waals surface area contributed by atoms with Crippen molar-refractivity contribution in [2.45, 2.75) is 55.2 Å². The summed E-state index contributed by atoms with van der Waals surface area (Å²) in [5.74, 6) is 0. The highest BCUT2D eigenvalue weighted by molar-refractivity contribution is 7.99. The Kier molecular flexibility index (Phi) is 5.70. The Morgan fingerprint density at radius 3 is 2.10 bits per heavy atom. The molecule has 5 aromatic carbocycles. The maximum absolute atomic E-state index is 4.62. The second kappa shape index (κ2) is 9.08. The Labute approximate surface area is 241 Å². The monoisotopic (exact) mass is 535 g/mol. The predicted molar refractivity (Wildman–Crippen MR) is 172 cm³/mol. The van der Waals surface area contributed by atoms with E-state index in [1.165, 1.54) is 70.3 Å². The first-order valence-electron chi connectivity index (χ1n) is 14.0. The van der Waals surface area contributed by atoms with Gasteiger partial charge in [-0.2, -0.15) is 0 Å². The van der Waals surface area contributed by atoms with E-state index in [1.807, 2.05) is 18.0 Å². The summed E-state index contributed by atoms with van der Waals surface area (Å²) in [5.41, 5.74) is 9.47. The number of nitrogens with zero attached hydrogens (tertiary/aromatic N) is 1. The van der Waals surface area contributed by atoms with E-state index in [4.69, 9.17) is 0 Å². The van der Waals surface area contributed by atoms with Crippen molar-refractivity contribution in [1.82, 2.24) is 4.98 Å². The van der Waals surface area contributed by atoms with Crippen LogP contribution in [0.2, 0.25) is 0 Å². The van der Waals surface area contributed by atoms with Crippen LogP contribution in [0.15, 0.2) is 119 Å². The zero-order valence-corrected chi connectivity index (χ0v) is 24.6. The first-order chi connectivity index (χ1) is 19.2. The maximum Gasteiger partial charge on any atom is 0.0353 e. The molecule has 0 radical (unpaired) electrons. The summed E-state index contributed by atoms with van der Waals surface area (Å²) >= 11 is 1.85. The molecule has 0 N–H and O–H groups in total. The van der Waals surface area contributed by atoms with Crippen molar-refractivity contribution >= 4 is 33.3 Å². The molecular formula is C38H33NS. The summed E-state index contributed by atoms with van der Waals surface area (Å²) in [6.07, 6.45) is 3.98. The van der Waals surface area contributed by atoms with Crippen molar-refractivity contribution in [3.05, 3.63) is 126 Å². The molecule has 7 rings (SSSR count). The highest BCUT2D eigenvalue weighted by Crippen LogP contribution is 2.51. The molecule has 6 aromatic rings. The van der Waals surface area contributed by atoms with Crippen molar-refractivity contribution in [3.63, 3.8) is 0 Å². The molecule has 1 heterocycles. The molecule has 1 aromatic heterocycles. The van der Waals surface area contributed by atoms with E-state index in [0.717, 1.165) is 0 Å². The van der Waals surface area contributed by atoms with Gasteiger partial charge in [-0.05, 0) is 84.8 Å². The van der Waals surface area contributed by atoms with Gasteiger partial charge in [-0.3, -0.25) is 4.98 Å². The predicted octanol–water partition coefficient (Wildman–Crippen LogP) is 10.8. The number of pyridine rings is 1. The summed E-state index contributed by atoms with van der Waals surface area (Å²) in [7, 11) is 0. The van der Waals surface area contributed by atoms with Crippen LogP contribution in [-0.2, 0) is 10.8 Å². The standard InChI is InChI=1S/C38H33NS/c1-37(2,3)25-15-17-26(18-16-25)40-36-30-12-7-6-11-29(30)35(32-23-39-21-20-31(32)36)24-14-19-28-27-10-8-9-13-33(27)38(4,5)34(28)22-24/h6-23H,1-5H3. The summed E-state index contributed by atoms with van der Waals surface area (Å²) in [5, 5.41) is 4.99. The van der Waals surface area contributed by atoms with Crippen LogP contribution in [0.4, 0.5) is 0 Å². The molecule has 1 aliphatic rings. The quantitative estimate of drug-likeness (QED) is 0.209. The molecule has 0 amide bonds. The number of hydrogen-bond acceptors (Lipinski definition) is 2. The lowest BCUT2D eigenvalue weighted by Gasteiger charge is -2.23. The van der Waals surface area contributed by atoms with Crippen molar-refractivity contribution in [1.29, 1.82) is 0 Å². The van der Waals surface area contributed by atoms with E-state index >= 15 is 0 Å². The lowest BCUT2D eigenvalue weighted by atomic mass is 9.81. The molecule has 0 saturated carbocycles. The van der Waals surface area contributed by atoms with E-state index < -0.39 is 0 Å². The van der Waals surface area contributed by atoms with Gasteiger partial charge in [0, 0.05) is 33.0 Å². The molecule has 0 saturated heterocycles. The number of rotatable bonds is 3. The lowest BCUT2D eigenvalue weighted by molar-refractivity contribution is 0.590. The topological polar surface area (TPSA) is 12.9 Å². The van der Waals surface area contributed by atoms with E-state index in [0.29, 0.717) is 0 Å². The normalized spacial score (nSPS) is 13.9. The van der Waals surface area contributed by atoms with E-state index in [1.54, 1.807) is 0 Å². The van der Waals surface area contributed by atoms with Crippen LogP contribution in [0.25, 0.3) is 43.8 Å². The molecular weight excluding hydrogens is 502 g/mol. The molecule has 0 atom stereocenters. The van der Waals surface area contributed by atoms with E-state index in [-0.39, 0.29) is 10.8 Å². The first kappa shape index (κ1) is 25.1. The van der Waals surface area contributed by atoms with Crippen molar-refractivity contribution < 1.29 is 0 Å². The minimum Gasteiger partial charge on any atom is -0.264 e. The van der Waals surface area contributed by atoms with Crippen LogP contribution in [0.3, 0.4) is 0 Å². The van der Waals surface area contributed by atoms with Gasteiger partial charge in [0.1, 0.15) is 0 Å². The van der Waals surface area contributed by atoms with Gasteiger partial charge < -0.3 is 0 Å². The SMILES string of the molecule is CC(C)(C)c1ccc(Sc2c3ccccc3c(-c3ccc4c(c3)C(C)(C)c3ccccc3-4)c3cnccc23)cc1. The van der Waals surface area contributed by atoms with Gasteiger partial charge in [0.15, 0.2) is 0 Å². The molecule has 0 aliphatic heterocycles. The third-order valence-corrected chi connectivity index (χ3v) is 9.74. The fraction of sp³-hybridized carbons (Fsp3) is 0.184. The van der Waals surface area contributed by atoms with Crippen molar-refractivity contribution in [2.75, 3.05) is 0 Å². The Bertz CT molecular complexity index is 1870. The molecule has 0 unspecified atom stereocenters. The lowest BCUT2D eigenvalue weighted by Crippen LogP contribution is -2.14. The zero-order valence-electron chi connectivity index (χ0n) is 23.7. The van der Waals surface area contributed by atoms with Gasteiger partial charge in [-0.25, -0.2) is 0 Å². The van der Waals surface area contributed by atoms with Gasteiger partial charge in [-0.1, -0.05) is 119 Å². The minimum absolute atomic E-state index is 0.0409. The van der Waals surface area contributed by atoms with Gasteiger partial charge in [0.05, 0.1) is 0 Å². The molecule has 40 heavy (non-hydrogen) atoms. The molecule has 0 spiro atoms. The Morgan fingerprint density at radius 1 is 0.650 bits per heavy atom. The van der Waals surface area contributed by atoms with Gasteiger partial charge in [0.2, 0.25) is 0 Å². The smallest absolute Gasteiger partial charge is 0.0353 e. The highest BCUT2D eigenvalue weighted by Gasteiger charge is 2.35. The molecule has 1 nitrogen and oxygen atoms in total. The zero-order chi connectivity index (χ0) is 27.6. The maximum atomic E-state index is 4.62. The first-order valence-corrected chi connectivity index (χ1v) is 14.9. The molecule has 0 bridgehead atoms. The van der Waals surface area contributed by atoms with Gasteiger partial charge >= 0.3 is 0 Å². The van der Waals surface area contributed by atoms with Crippen LogP contribution in [0.1, 0.15) is 51.3 Å². The van der Waals surface area contributed by atoms with Crippen LogP contribution >= 0.6 is 11.8 Å². The molecule has 1 aliphatic carbocycles. The van der Waals surface area contributed by atoms with Crippen LogP contribution in [0.5, 0.6) is 0 Å². The minimum atomic E-state index is -0.0409. The average molecular weight is 536 g/mol. The van der Waals surface area contributed by atoms with Gasteiger partial charge in [0.25, 0.3) is 0 Å². The number of hydrogen-bond donors (Lipinski definition) is 0. The molecule has 0 fully saturated rings. The van der Waals surface area contributed by atoms with Gasteiger partial charge in [-0.15, -0.1) is 0 Å². The Balaban J connectivity index is 1.43. The average Bonchev–Trinajstić information content (AvgIpc) is 3.19. The fourth-order valence-electron chi connectivity index (χ4n) is 6.40. The van der Waals surface area contributed by atoms with Crippen molar-refractivity contribution in [3.8, 4) is 22.3 Å². The Morgan fingerprint density at radius 2 is 1.32 bits per heavy atom. The van der Waals surface area contributed by atoms with Crippen LogP contribution in [-0.4, -0.2) is 4.98 Å². The van der Waals surface area contributed by atoms with Crippen molar-refractivity contribution in [2.24, 2.45) is 0 Å².